The fraction of sp³-hybridized carbons (Fsp3) is 0.207. The molecular formula is C29H28N2O2. The predicted molar refractivity (Wildman–Crippen MR) is 136 cm³/mol. The zero-order valence-electron chi connectivity index (χ0n) is 18.9. The highest BCUT2D eigenvalue weighted by atomic mass is 16.5. The molecule has 4 aromatic rings. The van der Waals surface area contributed by atoms with E-state index >= 15 is 0 Å². The lowest BCUT2D eigenvalue weighted by Gasteiger charge is -2.28. The summed E-state index contributed by atoms with van der Waals surface area (Å²) >= 11 is 0. The molecule has 0 saturated carbocycles. The Morgan fingerprint density at radius 2 is 1.64 bits per heavy atom. The summed E-state index contributed by atoms with van der Waals surface area (Å²) in [6, 6.07) is 29.4. The van der Waals surface area contributed by atoms with Gasteiger partial charge >= 0.3 is 0 Å². The zero-order valence-corrected chi connectivity index (χ0v) is 18.9. The average Bonchev–Trinajstić information content (AvgIpc) is 2.88. The Morgan fingerprint density at radius 1 is 0.879 bits per heavy atom. The summed E-state index contributed by atoms with van der Waals surface area (Å²) in [4.78, 5) is 7.14. The van der Waals surface area contributed by atoms with Gasteiger partial charge < -0.3 is 14.4 Å². The Balaban J connectivity index is 1.40. The summed E-state index contributed by atoms with van der Waals surface area (Å²) in [6.45, 7) is 6.04. The van der Waals surface area contributed by atoms with Crippen LogP contribution in [0.2, 0.25) is 0 Å². The molecule has 1 fully saturated rings. The maximum Gasteiger partial charge on any atom is 0.129 e. The Hall–Kier alpha value is -3.63. The first-order chi connectivity index (χ1) is 16.3. The second kappa shape index (κ2) is 9.88. The monoisotopic (exact) mass is 436 g/mol. The number of hydrogen-bond acceptors (Lipinski definition) is 4. The number of ether oxygens (including phenoxy) is 2. The van der Waals surface area contributed by atoms with Gasteiger partial charge in [-0.05, 0) is 53.6 Å². The third kappa shape index (κ3) is 5.07. The largest absolute Gasteiger partial charge is 0.488 e. The molecule has 1 aliphatic rings. The lowest BCUT2D eigenvalue weighted by molar-refractivity contribution is 0.122. The van der Waals surface area contributed by atoms with Crippen molar-refractivity contribution in [1.82, 2.24) is 0 Å². The molecule has 33 heavy (non-hydrogen) atoms. The molecule has 1 aliphatic heterocycles. The van der Waals surface area contributed by atoms with E-state index in [2.05, 4.69) is 90.7 Å². The molecular weight excluding hydrogens is 408 g/mol. The van der Waals surface area contributed by atoms with Crippen molar-refractivity contribution >= 4 is 28.4 Å². The molecule has 5 rings (SSSR count). The quantitative estimate of drug-likeness (QED) is 0.332. The summed E-state index contributed by atoms with van der Waals surface area (Å²) in [5, 5.41) is 2.30. The first-order valence-electron chi connectivity index (χ1n) is 11.4. The number of aryl methyl sites for hydroxylation is 1. The first kappa shape index (κ1) is 21.2. The van der Waals surface area contributed by atoms with Crippen molar-refractivity contribution in [2.45, 2.75) is 13.5 Å². The molecule has 1 heterocycles. The van der Waals surface area contributed by atoms with E-state index in [0.717, 1.165) is 54.3 Å². The van der Waals surface area contributed by atoms with Crippen LogP contribution in [0.25, 0.3) is 10.8 Å². The maximum absolute atomic E-state index is 6.25. The normalized spacial score (nSPS) is 14.2. The van der Waals surface area contributed by atoms with E-state index in [1.165, 1.54) is 16.6 Å². The minimum atomic E-state index is 0.522. The van der Waals surface area contributed by atoms with Gasteiger partial charge in [0, 0.05) is 30.6 Å². The summed E-state index contributed by atoms with van der Waals surface area (Å²) < 4.78 is 11.7. The van der Waals surface area contributed by atoms with Gasteiger partial charge in [0.05, 0.1) is 18.9 Å². The van der Waals surface area contributed by atoms with E-state index in [9.17, 15) is 0 Å². The topological polar surface area (TPSA) is 34.1 Å². The Labute approximate surface area is 195 Å². The van der Waals surface area contributed by atoms with Crippen molar-refractivity contribution in [3.05, 3.63) is 102 Å². The summed E-state index contributed by atoms with van der Waals surface area (Å²) in [6.07, 6.45) is 1.93. The van der Waals surface area contributed by atoms with Gasteiger partial charge in [-0.2, -0.15) is 0 Å². The molecule has 4 heteroatoms. The molecule has 0 atom stereocenters. The molecule has 4 aromatic carbocycles. The summed E-state index contributed by atoms with van der Waals surface area (Å²) in [5.41, 5.74) is 5.53. The van der Waals surface area contributed by atoms with Gasteiger partial charge in [0.25, 0.3) is 0 Å². The molecule has 0 bridgehead atoms. The van der Waals surface area contributed by atoms with Crippen LogP contribution in [0.5, 0.6) is 5.75 Å². The molecule has 0 spiro atoms. The van der Waals surface area contributed by atoms with Gasteiger partial charge in [-0.3, -0.25) is 4.99 Å². The zero-order chi connectivity index (χ0) is 22.5. The number of nitrogens with zero attached hydrogens (tertiary/aromatic N) is 2. The van der Waals surface area contributed by atoms with Gasteiger partial charge in [-0.15, -0.1) is 0 Å². The Morgan fingerprint density at radius 3 is 2.42 bits per heavy atom. The third-order valence-electron chi connectivity index (χ3n) is 6.01. The maximum atomic E-state index is 6.25. The highest BCUT2D eigenvalue weighted by molar-refractivity contribution is 6.03. The second-order valence-corrected chi connectivity index (χ2v) is 8.35. The minimum Gasteiger partial charge on any atom is -0.488 e. The molecule has 0 aromatic heterocycles. The van der Waals surface area contributed by atoms with E-state index in [4.69, 9.17) is 14.5 Å². The highest BCUT2D eigenvalue weighted by Gasteiger charge is 2.11. The molecule has 0 amide bonds. The number of anilines is 1. The first-order valence-corrected chi connectivity index (χ1v) is 11.4. The fourth-order valence-electron chi connectivity index (χ4n) is 4.09. The van der Waals surface area contributed by atoms with Crippen LogP contribution in [0, 0.1) is 6.92 Å². The van der Waals surface area contributed by atoms with Gasteiger partial charge in [0.15, 0.2) is 0 Å². The molecule has 0 radical (unpaired) electrons. The van der Waals surface area contributed by atoms with Gasteiger partial charge in [0.2, 0.25) is 0 Å². The van der Waals surface area contributed by atoms with Crippen LogP contribution >= 0.6 is 0 Å². The van der Waals surface area contributed by atoms with Crippen molar-refractivity contribution in [3.63, 3.8) is 0 Å². The molecule has 0 aliphatic carbocycles. The van der Waals surface area contributed by atoms with Crippen LogP contribution in [0.15, 0.2) is 89.9 Å². The average molecular weight is 437 g/mol. The van der Waals surface area contributed by atoms with Crippen molar-refractivity contribution < 1.29 is 9.47 Å². The minimum absolute atomic E-state index is 0.522. The van der Waals surface area contributed by atoms with Crippen LogP contribution in [0.1, 0.15) is 16.7 Å². The lowest BCUT2D eigenvalue weighted by Crippen LogP contribution is -2.36. The van der Waals surface area contributed by atoms with Crippen molar-refractivity contribution in [3.8, 4) is 5.75 Å². The number of fused-ring (bicyclic) bond motifs is 1. The van der Waals surface area contributed by atoms with Crippen molar-refractivity contribution in [2.24, 2.45) is 4.99 Å². The Kier molecular flexibility index (Phi) is 6.36. The third-order valence-corrected chi connectivity index (χ3v) is 6.01. The SMILES string of the molecule is Cc1ccc(COc2ccc3ccccc3c2C=Nc2ccc(N3CCOCC3)cc2)cc1. The number of benzene rings is 4. The van der Waals surface area contributed by atoms with Crippen LogP contribution in [-0.4, -0.2) is 32.5 Å². The van der Waals surface area contributed by atoms with Gasteiger partial charge in [-0.1, -0.05) is 60.2 Å². The van der Waals surface area contributed by atoms with E-state index in [1.54, 1.807) is 0 Å². The van der Waals surface area contributed by atoms with E-state index in [-0.39, 0.29) is 0 Å². The molecule has 0 N–H and O–H groups in total. The van der Waals surface area contributed by atoms with Crippen LogP contribution in [0.3, 0.4) is 0 Å². The highest BCUT2D eigenvalue weighted by Crippen LogP contribution is 2.29. The number of rotatable bonds is 6. The van der Waals surface area contributed by atoms with Crippen LogP contribution in [0.4, 0.5) is 11.4 Å². The lowest BCUT2D eigenvalue weighted by atomic mass is 10.0. The standard InChI is InChI=1S/C29H28N2O2/c1-22-6-8-23(9-7-22)21-33-29-15-10-24-4-2-3-5-27(24)28(29)20-30-25-11-13-26(14-12-25)31-16-18-32-19-17-31/h2-15,20H,16-19,21H2,1H3. The van der Waals surface area contributed by atoms with Gasteiger partial charge in [0.1, 0.15) is 12.4 Å². The van der Waals surface area contributed by atoms with Crippen molar-refractivity contribution in [1.29, 1.82) is 0 Å². The molecule has 1 saturated heterocycles. The molecule has 166 valence electrons. The van der Waals surface area contributed by atoms with Gasteiger partial charge in [-0.25, -0.2) is 0 Å². The molecule has 0 unspecified atom stereocenters. The van der Waals surface area contributed by atoms with Crippen molar-refractivity contribution in [2.75, 3.05) is 31.2 Å². The predicted octanol–water partition coefficient (Wildman–Crippen LogP) is 6.31. The summed E-state index contributed by atoms with van der Waals surface area (Å²) in [7, 11) is 0. The second-order valence-electron chi connectivity index (χ2n) is 8.35. The fourth-order valence-corrected chi connectivity index (χ4v) is 4.09. The number of hydrogen-bond donors (Lipinski definition) is 0. The smallest absolute Gasteiger partial charge is 0.129 e. The Bertz CT molecular complexity index is 1240. The summed E-state index contributed by atoms with van der Waals surface area (Å²) in [5.74, 6) is 0.836. The number of morpholine rings is 1. The van der Waals surface area contributed by atoms with E-state index in [0.29, 0.717) is 6.61 Å². The van der Waals surface area contributed by atoms with Crippen LogP contribution in [-0.2, 0) is 11.3 Å². The van der Waals surface area contributed by atoms with E-state index < -0.39 is 0 Å². The van der Waals surface area contributed by atoms with Crippen LogP contribution < -0.4 is 9.64 Å². The van der Waals surface area contributed by atoms with E-state index in [1.807, 2.05) is 12.3 Å². The molecule has 4 nitrogen and oxygen atoms in total. The number of aliphatic imine (C=N–C) groups is 1.